The fourth-order valence-electron chi connectivity index (χ4n) is 3.56. The minimum absolute atomic E-state index is 0.0487. The van der Waals surface area contributed by atoms with Gasteiger partial charge >= 0.3 is 5.97 Å². The van der Waals surface area contributed by atoms with E-state index in [2.05, 4.69) is 15.2 Å². The largest absolute Gasteiger partial charge is 0.481 e. The van der Waals surface area contributed by atoms with E-state index in [1.54, 1.807) is 15.5 Å². The molecule has 0 radical (unpaired) electrons. The first-order valence-corrected chi connectivity index (χ1v) is 9.31. The topological polar surface area (TPSA) is 106 Å². The van der Waals surface area contributed by atoms with Crippen molar-refractivity contribution in [3.8, 4) is 0 Å². The van der Waals surface area contributed by atoms with Crippen molar-refractivity contribution in [2.75, 3.05) is 6.54 Å². The third-order valence-corrected chi connectivity index (χ3v) is 4.89. The lowest BCUT2D eigenvalue weighted by molar-refractivity contribution is -0.136. The Bertz CT molecular complexity index is 1070. The van der Waals surface area contributed by atoms with Gasteiger partial charge in [-0.3, -0.25) is 14.3 Å². The minimum atomic E-state index is -0.841. The summed E-state index contributed by atoms with van der Waals surface area (Å²) in [6.45, 7) is 5.57. The maximum Gasteiger partial charge on any atom is 0.303 e. The lowest BCUT2D eigenvalue weighted by Gasteiger charge is -2.19. The summed E-state index contributed by atoms with van der Waals surface area (Å²) in [6.07, 6.45) is 1.22. The number of fused-ring (bicyclic) bond motifs is 2. The van der Waals surface area contributed by atoms with Crippen LogP contribution in [0, 0.1) is 13.8 Å². The van der Waals surface area contributed by atoms with E-state index in [0.717, 1.165) is 29.2 Å². The van der Waals surface area contributed by atoms with Crippen molar-refractivity contribution in [1.82, 2.24) is 29.3 Å². The van der Waals surface area contributed by atoms with Crippen molar-refractivity contribution in [2.24, 2.45) is 0 Å². The molecule has 0 aliphatic carbocycles. The van der Waals surface area contributed by atoms with Gasteiger partial charge in [0.25, 0.3) is 5.91 Å². The van der Waals surface area contributed by atoms with Crippen LogP contribution < -0.4 is 0 Å². The fourth-order valence-corrected chi connectivity index (χ4v) is 3.56. The van der Waals surface area contributed by atoms with Crippen LogP contribution in [-0.2, 0) is 24.3 Å². The first-order chi connectivity index (χ1) is 13.4. The monoisotopic (exact) mass is 382 g/mol. The number of amides is 1. The molecule has 146 valence electrons. The number of hydrogen-bond acceptors (Lipinski definition) is 5. The summed E-state index contributed by atoms with van der Waals surface area (Å²) in [5, 5.41) is 17.7. The van der Waals surface area contributed by atoms with Crippen molar-refractivity contribution < 1.29 is 14.7 Å². The molecule has 1 aliphatic heterocycles. The number of rotatable bonds is 4. The highest BCUT2D eigenvalue weighted by Gasteiger charge is 2.23. The molecule has 1 amide bonds. The average Bonchev–Trinajstić information content (AvgIpc) is 3.15. The molecule has 0 bridgehead atoms. The second-order valence-electron chi connectivity index (χ2n) is 7.16. The standard InChI is InChI=1S/C19H22N6O3/c1-12-8-17-20-16(9-13(2)25(17)21-12)19(28)23-6-3-7-24-15(11-23)10-14(22-24)4-5-18(26)27/h8-10H,3-7,11H2,1-2H3,(H,26,27). The average molecular weight is 382 g/mol. The number of carbonyl (C=O) groups excluding carboxylic acids is 1. The molecule has 4 rings (SSSR count). The fraction of sp³-hybridized carbons (Fsp3) is 0.421. The quantitative estimate of drug-likeness (QED) is 0.735. The molecule has 1 aliphatic rings. The van der Waals surface area contributed by atoms with Crippen molar-refractivity contribution in [3.05, 3.63) is 46.7 Å². The van der Waals surface area contributed by atoms with E-state index in [0.29, 0.717) is 37.4 Å². The number of carboxylic acids is 1. The van der Waals surface area contributed by atoms with E-state index in [1.807, 2.05) is 30.7 Å². The number of carboxylic acid groups (broad SMARTS) is 1. The van der Waals surface area contributed by atoms with Crippen molar-refractivity contribution in [2.45, 2.75) is 46.2 Å². The van der Waals surface area contributed by atoms with Crippen molar-refractivity contribution in [1.29, 1.82) is 0 Å². The third-order valence-electron chi connectivity index (χ3n) is 4.89. The molecule has 0 saturated heterocycles. The molecule has 1 N–H and O–H groups in total. The molecular weight excluding hydrogens is 360 g/mol. The molecule has 0 aromatic carbocycles. The molecular formula is C19H22N6O3. The molecule has 3 aromatic rings. The van der Waals surface area contributed by atoms with Gasteiger partial charge < -0.3 is 10.0 Å². The van der Waals surface area contributed by atoms with Gasteiger partial charge in [-0.05, 0) is 32.4 Å². The zero-order valence-electron chi connectivity index (χ0n) is 15.9. The molecule has 9 nitrogen and oxygen atoms in total. The summed E-state index contributed by atoms with van der Waals surface area (Å²) in [5.74, 6) is -0.960. The van der Waals surface area contributed by atoms with Crippen LogP contribution in [0.15, 0.2) is 18.2 Å². The Balaban J connectivity index is 1.57. The van der Waals surface area contributed by atoms with Gasteiger partial charge in [-0.25, -0.2) is 9.50 Å². The van der Waals surface area contributed by atoms with Gasteiger partial charge in [-0.1, -0.05) is 0 Å². The van der Waals surface area contributed by atoms with Gasteiger partial charge in [0.05, 0.1) is 30.0 Å². The van der Waals surface area contributed by atoms with E-state index in [-0.39, 0.29) is 12.3 Å². The number of carbonyl (C=O) groups is 2. The second kappa shape index (κ2) is 7.06. The Morgan fingerprint density at radius 3 is 2.75 bits per heavy atom. The van der Waals surface area contributed by atoms with Gasteiger partial charge in [0.1, 0.15) is 5.69 Å². The predicted octanol–water partition coefficient (Wildman–Crippen LogP) is 1.61. The first-order valence-electron chi connectivity index (χ1n) is 9.31. The van der Waals surface area contributed by atoms with E-state index >= 15 is 0 Å². The van der Waals surface area contributed by atoms with Crippen LogP contribution in [0.3, 0.4) is 0 Å². The molecule has 4 heterocycles. The highest BCUT2D eigenvalue weighted by atomic mass is 16.4. The number of aliphatic carboxylic acids is 1. The molecule has 9 heteroatoms. The van der Waals surface area contributed by atoms with E-state index in [1.165, 1.54) is 0 Å². The maximum absolute atomic E-state index is 13.1. The highest BCUT2D eigenvalue weighted by molar-refractivity contribution is 5.93. The number of aryl methyl sites for hydroxylation is 4. The Morgan fingerprint density at radius 2 is 1.96 bits per heavy atom. The SMILES string of the molecule is Cc1cc2nc(C(=O)N3CCCn4nc(CCC(=O)O)cc4C3)cc(C)n2n1. The summed E-state index contributed by atoms with van der Waals surface area (Å²) < 4.78 is 3.62. The Kier molecular flexibility index (Phi) is 4.58. The van der Waals surface area contributed by atoms with E-state index in [9.17, 15) is 9.59 Å². The van der Waals surface area contributed by atoms with Gasteiger partial charge in [0.15, 0.2) is 5.65 Å². The number of hydrogen-bond donors (Lipinski definition) is 1. The zero-order valence-corrected chi connectivity index (χ0v) is 15.9. The molecule has 0 spiro atoms. The lowest BCUT2D eigenvalue weighted by atomic mass is 10.2. The smallest absolute Gasteiger partial charge is 0.303 e. The van der Waals surface area contributed by atoms with E-state index in [4.69, 9.17) is 5.11 Å². The maximum atomic E-state index is 13.1. The lowest BCUT2D eigenvalue weighted by Crippen LogP contribution is -2.31. The highest BCUT2D eigenvalue weighted by Crippen LogP contribution is 2.18. The molecule has 0 unspecified atom stereocenters. The van der Waals surface area contributed by atoms with Gasteiger partial charge in [-0.2, -0.15) is 10.2 Å². The van der Waals surface area contributed by atoms with Crippen LogP contribution in [0.5, 0.6) is 0 Å². The van der Waals surface area contributed by atoms with Crippen LogP contribution in [0.4, 0.5) is 0 Å². The summed E-state index contributed by atoms with van der Waals surface area (Å²) in [7, 11) is 0. The van der Waals surface area contributed by atoms with Crippen LogP contribution >= 0.6 is 0 Å². The molecule has 0 saturated carbocycles. The first kappa shape index (κ1) is 18.1. The van der Waals surface area contributed by atoms with Crippen LogP contribution in [0.2, 0.25) is 0 Å². The van der Waals surface area contributed by atoms with Gasteiger partial charge in [0.2, 0.25) is 0 Å². The van der Waals surface area contributed by atoms with E-state index < -0.39 is 5.97 Å². The summed E-state index contributed by atoms with van der Waals surface area (Å²) in [5.41, 5.74) is 4.45. The Morgan fingerprint density at radius 1 is 1.14 bits per heavy atom. The Hall–Kier alpha value is -3.23. The minimum Gasteiger partial charge on any atom is -0.481 e. The normalized spacial score (nSPS) is 14.1. The molecule has 3 aromatic heterocycles. The zero-order chi connectivity index (χ0) is 19.8. The molecule has 28 heavy (non-hydrogen) atoms. The summed E-state index contributed by atoms with van der Waals surface area (Å²) in [6, 6.07) is 5.52. The summed E-state index contributed by atoms with van der Waals surface area (Å²) >= 11 is 0. The Labute approximate surface area is 161 Å². The third kappa shape index (κ3) is 3.47. The second-order valence-corrected chi connectivity index (χ2v) is 7.16. The number of nitrogens with zero attached hydrogens (tertiary/aromatic N) is 6. The van der Waals surface area contributed by atoms with Crippen molar-refractivity contribution in [3.63, 3.8) is 0 Å². The van der Waals surface area contributed by atoms with Gasteiger partial charge in [0, 0.05) is 31.3 Å². The summed E-state index contributed by atoms with van der Waals surface area (Å²) in [4.78, 5) is 30.2. The van der Waals surface area contributed by atoms with Crippen LogP contribution in [-0.4, -0.2) is 52.8 Å². The van der Waals surface area contributed by atoms with Crippen molar-refractivity contribution >= 4 is 17.5 Å². The van der Waals surface area contributed by atoms with Gasteiger partial charge in [-0.15, -0.1) is 0 Å². The predicted molar refractivity (Wildman–Crippen MR) is 100 cm³/mol. The van der Waals surface area contributed by atoms with Crippen LogP contribution in [0.25, 0.3) is 5.65 Å². The number of aromatic nitrogens is 5. The molecule has 0 fully saturated rings. The molecule has 0 atom stereocenters. The van der Waals surface area contributed by atoms with Crippen LogP contribution in [0.1, 0.15) is 46.1 Å².